The van der Waals surface area contributed by atoms with Crippen LogP contribution in [0.25, 0.3) is 0 Å². The van der Waals surface area contributed by atoms with Gasteiger partial charge in [0, 0.05) is 23.9 Å². The quantitative estimate of drug-likeness (QED) is 0.747. The Bertz CT molecular complexity index is 798. The van der Waals surface area contributed by atoms with Gasteiger partial charge in [-0.2, -0.15) is 0 Å². The highest BCUT2D eigenvalue weighted by atomic mass is 16.5. The van der Waals surface area contributed by atoms with Gasteiger partial charge >= 0.3 is 0 Å². The first-order valence-electron chi connectivity index (χ1n) is 8.17. The monoisotopic (exact) mass is 340 g/mol. The number of amides is 2. The predicted octanol–water partition coefficient (Wildman–Crippen LogP) is 3.07. The van der Waals surface area contributed by atoms with Crippen molar-refractivity contribution < 1.29 is 19.4 Å². The van der Waals surface area contributed by atoms with Crippen LogP contribution in [0, 0.1) is 6.92 Å². The Kier molecular flexibility index (Phi) is 5.00. The van der Waals surface area contributed by atoms with Crippen molar-refractivity contribution in [3.63, 3.8) is 0 Å². The molecule has 1 saturated heterocycles. The van der Waals surface area contributed by atoms with E-state index in [0.29, 0.717) is 24.3 Å². The number of aryl methyl sites for hydroxylation is 1. The third kappa shape index (κ3) is 3.97. The van der Waals surface area contributed by atoms with Gasteiger partial charge in [-0.1, -0.05) is 18.2 Å². The molecule has 2 aromatic carbocycles. The molecule has 1 aliphatic rings. The third-order valence-corrected chi connectivity index (χ3v) is 4.13. The molecule has 1 fully saturated rings. The summed E-state index contributed by atoms with van der Waals surface area (Å²) in [6, 6.07) is 11.8. The zero-order valence-corrected chi connectivity index (χ0v) is 13.9. The summed E-state index contributed by atoms with van der Waals surface area (Å²) >= 11 is 0. The summed E-state index contributed by atoms with van der Waals surface area (Å²) in [6.45, 7) is 2.44. The average Bonchev–Trinajstić information content (AvgIpc) is 3.12. The molecule has 2 amide bonds. The molecule has 0 aromatic heterocycles. The Balaban J connectivity index is 1.68. The van der Waals surface area contributed by atoms with Crippen molar-refractivity contribution in [3.8, 4) is 5.75 Å². The molecule has 6 nitrogen and oxygen atoms in total. The molecular formula is C19H20N2O4. The number of ether oxygens (including phenoxy) is 1. The summed E-state index contributed by atoms with van der Waals surface area (Å²) < 4.78 is 5.32. The van der Waals surface area contributed by atoms with Crippen molar-refractivity contribution in [1.29, 1.82) is 0 Å². The Labute approximate surface area is 145 Å². The Morgan fingerprint density at radius 1 is 1.16 bits per heavy atom. The maximum absolute atomic E-state index is 12.3. The third-order valence-electron chi connectivity index (χ3n) is 4.13. The SMILES string of the molecule is Cc1ccccc1C(=O)Nc1ccc(NC(=O)[C@H]2CCCO2)cc1O. The van der Waals surface area contributed by atoms with Gasteiger partial charge in [0.2, 0.25) is 0 Å². The van der Waals surface area contributed by atoms with Crippen molar-refractivity contribution in [2.75, 3.05) is 17.2 Å². The van der Waals surface area contributed by atoms with Crippen LogP contribution in [0.2, 0.25) is 0 Å². The van der Waals surface area contributed by atoms with E-state index in [1.54, 1.807) is 24.3 Å². The number of hydrogen-bond donors (Lipinski definition) is 3. The molecule has 0 bridgehead atoms. The lowest BCUT2D eigenvalue weighted by Gasteiger charge is -2.13. The smallest absolute Gasteiger partial charge is 0.256 e. The molecule has 6 heteroatoms. The van der Waals surface area contributed by atoms with Crippen LogP contribution in [-0.2, 0) is 9.53 Å². The Morgan fingerprint density at radius 3 is 2.64 bits per heavy atom. The molecule has 0 saturated carbocycles. The van der Waals surface area contributed by atoms with Gasteiger partial charge < -0.3 is 20.5 Å². The van der Waals surface area contributed by atoms with Gasteiger partial charge in [0.1, 0.15) is 11.9 Å². The lowest BCUT2D eigenvalue weighted by molar-refractivity contribution is -0.124. The van der Waals surface area contributed by atoms with Crippen molar-refractivity contribution >= 4 is 23.2 Å². The minimum absolute atomic E-state index is 0.118. The van der Waals surface area contributed by atoms with Gasteiger partial charge in [-0.15, -0.1) is 0 Å². The van der Waals surface area contributed by atoms with Crippen molar-refractivity contribution in [1.82, 2.24) is 0 Å². The van der Waals surface area contributed by atoms with Crippen LogP contribution >= 0.6 is 0 Å². The maximum Gasteiger partial charge on any atom is 0.256 e. The molecule has 3 N–H and O–H groups in total. The molecule has 3 rings (SSSR count). The summed E-state index contributed by atoms with van der Waals surface area (Å²) in [5, 5.41) is 15.5. The lowest BCUT2D eigenvalue weighted by Crippen LogP contribution is -2.26. The van der Waals surface area contributed by atoms with Gasteiger partial charge in [-0.25, -0.2) is 0 Å². The van der Waals surface area contributed by atoms with Gasteiger partial charge in [-0.05, 0) is 43.5 Å². The number of nitrogens with one attached hydrogen (secondary N) is 2. The molecule has 0 radical (unpaired) electrons. The lowest BCUT2D eigenvalue weighted by atomic mass is 10.1. The number of phenols is 1. The van der Waals surface area contributed by atoms with E-state index in [0.717, 1.165) is 12.0 Å². The first kappa shape index (κ1) is 17.0. The number of rotatable bonds is 4. The van der Waals surface area contributed by atoms with Crippen LogP contribution in [0.5, 0.6) is 5.75 Å². The van der Waals surface area contributed by atoms with Crippen LogP contribution in [-0.4, -0.2) is 29.6 Å². The second-order valence-corrected chi connectivity index (χ2v) is 5.99. The molecule has 1 atom stereocenters. The molecule has 0 aliphatic carbocycles. The van der Waals surface area contributed by atoms with E-state index in [9.17, 15) is 14.7 Å². The highest BCUT2D eigenvalue weighted by molar-refractivity contribution is 6.06. The molecular weight excluding hydrogens is 320 g/mol. The van der Waals surface area contributed by atoms with Crippen molar-refractivity contribution in [2.45, 2.75) is 25.9 Å². The fraction of sp³-hybridized carbons (Fsp3) is 0.263. The van der Waals surface area contributed by atoms with Crippen LogP contribution < -0.4 is 10.6 Å². The highest BCUT2D eigenvalue weighted by Gasteiger charge is 2.23. The van der Waals surface area contributed by atoms with Gasteiger partial charge in [-0.3, -0.25) is 9.59 Å². The summed E-state index contributed by atoms with van der Waals surface area (Å²) in [7, 11) is 0. The second-order valence-electron chi connectivity index (χ2n) is 5.99. The van der Waals surface area contributed by atoms with E-state index in [2.05, 4.69) is 10.6 Å². The highest BCUT2D eigenvalue weighted by Crippen LogP contribution is 2.28. The molecule has 2 aromatic rings. The van der Waals surface area contributed by atoms with Gasteiger partial charge in [0.05, 0.1) is 5.69 Å². The van der Waals surface area contributed by atoms with Crippen LogP contribution in [0.15, 0.2) is 42.5 Å². The summed E-state index contributed by atoms with van der Waals surface area (Å²) in [4.78, 5) is 24.3. The van der Waals surface area contributed by atoms with Crippen molar-refractivity contribution in [3.05, 3.63) is 53.6 Å². The minimum Gasteiger partial charge on any atom is -0.506 e. The number of benzene rings is 2. The zero-order chi connectivity index (χ0) is 17.8. The second kappa shape index (κ2) is 7.36. The van der Waals surface area contributed by atoms with E-state index >= 15 is 0 Å². The first-order chi connectivity index (χ1) is 12.0. The van der Waals surface area contributed by atoms with Crippen LogP contribution in [0.1, 0.15) is 28.8 Å². The fourth-order valence-corrected chi connectivity index (χ4v) is 2.74. The Hall–Kier alpha value is -2.86. The fourth-order valence-electron chi connectivity index (χ4n) is 2.74. The summed E-state index contributed by atoms with van der Waals surface area (Å²) in [5.41, 5.74) is 2.12. The van der Waals surface area contributed by atoms with Gasteiger partial charge in [0.15, 0.2) is 0 Å². The number of phenolic OH excluding ortho intramolecular Hbond substituents is 1. The van der Waals surface area contributed by atoms with E-state index in [1.807, 2.05) is 19.1 Å². The number of carbonyl (C=O) groups excluding carboxylic acids is 2. The first-order valence-corrected chi connectivity index (χ1v) is 8.17. The summed E-state index contributed by atoms with van der Waals surface area (Å²) in [5.74, 6) is -0.648. The zero-order valence-electron chi connectivity index (χ0n) is 13.9. The van der Waals surface area contributed by atoms with E-state index in [4.69, 9.17) is 4.74 Å². The van der Waals surface area contributed by atoms with E-state index in [1.165, 1.54) is 6.07 Å². The molecule has 0 spiro atoms. The largest absolute Gasteiger partial charge is 0.506 e. The van der Waals surface area contributed by atoms with Gasteiger partial charge in [0.25, 0.3) is 11.8 Å². The van der Waals surface area contributed by atoms with Crippen LogP contribution in [0.4, 0.5) is 11.4 Å². The molecule has 0 unspecified atom stereocenters. The maximum atomic E-state index is 12.3. The number of aromatic hydroxyl groups is 1. The van der Waals surface area contributed by atoms with Crippen LogP contribution in [0.3, 0.4) is 0 Å². The van der Waals surface area contributed by atoms with E-state index < -0.39 is 6.10 Å². The molecule has 1 heterocycles. The predicted molar refractivity (Wildman–Crippen MR) is 94.8 cm³/mol. The summed E-state index contributed by atoms with van der Waals surface area (Å²) in [6.07, 6.45) is 1.12. The average molecular weight is 340 g/mol. The topological polar surface area (TPSA) is 87.7 Å². The Morgan fingerprint density at radius 2 is 1.96 bits per heavy atom. The van der Waals surface area contributed by atoms with Crippen molar-refractivity contribution in [2.24, 2.45) is 0 Å². The molecule has 130 valence electrons. The number of carbonyl (C=O) groups is 2. The number of hydrogen-bond acceptors (Lipinski definition) is 4. The normalized spacial score (nSPS) is 16.4. The van der Waals surface area contributed by atoms with E-state index in [-0.39, 0.29) is 23.3 Å². The number of anilines is 2. The molecule has 1 aliphatic heterocycles. The standard InChI is InChI=1S/C19H20N2O4/c1-12-5-2-3-6-14(12)18(23)21-15-9-8-13(11-16(15)22)20-19(24)17-7-4-10-25-17/h2-3,5-6,8-9,11,17,22H,4,7,10H2,1H3,(H,20,24)(H,21,23)/t17-/m1/s1. The minimum atomic E-state index is -0.442. The molecule has 25 heavy (non-hydrogen) atoms.